The standard InChI is InChI=1S/C8H8O2.Pd/c1-6-2-4-7(5-3-6)8(9)10;/h2-5H,1H3,(H,9,10);. The molecule has 0 atom stereocenters. The van der Waals surface area contributed by atoms with Crippen LogP contribution in [0.5, 0.6) is 0 Å². The predicted octanol–water partition coefficient (Wildman–Crippen LogP) is 1.69. The first-order chi connectivity index (χ1) is 4.70. The van der Waals surface area contributed by atoms with Crippen LogP contribution in [0.3, 0.4) is 0 Å². The molecule has 0 bridgehead atoms. The number of hydrogen-bond donors (Lipinski definition) is 1. The zero-order valence-electron chi connectivity index (χ0n) is 5.98. The normalized spacial score (nSPS) is 8.45. The Kier molecular flexibility index (Phi) is 4.02. The van der Waals surface area contributed by atoms with Crippen molar-refractivity contribution in [3.63, 3.8) is 0 Å². The number of rotatable bonds is 1. The Morgan fingerprint density at radius 3 is 2.09 bits per heavy atom. The number of hydrogen-bond acceptors (Lipinski definition) is 1. The first kappa shape index (κ1) is 10.4. The molecule has 0 heterocycles. The van der Waals surface area contributed by atoms with Gasteiger partial charge in [-0.1, -0.05) is 17.7 Å². The van der Waals surface area contributed by atoms with Gasteiger partial charge in [0.2, 0.25) is 0 Å². The molecular formula is C8H8O2Pd. The van der Waals surface area contributed by atoms with Crippen molar-refractivity contribution in [1.82, 2.24) is 0 Å². The van der Waals surface area contributed by atoms with Gasteiger partial charge in [-0.25, -0.2) is 4.79 Å². The fourth-order valence-electron chi connectivity index (χ4n) is 0.696. The summed E-state index contributed by atoms with van der Waals surface area (Å²) in [6, 6.07) is 6.75. The van der Waals surface area contributed by atoms with Crippen LogP contribution in [0.25, 0.3) is 0 Å². The summed E-state index contributed by atoms with van der Waals surface area (Å²) in [5.41, 5.74) is 1.41. The van der Waals surface area contributed by atoms with Crippen molar-refractivity contribution in [3.05, 3.63) is 35.4 Å². The Balaban J connectivity index is 0.000001000. The van der Waals surface area contributed by atoms with Crippen molar-refractivity contribution in [2.75, 3.05) is 0 Å². The molecule has 62 valence electrons. The Hall–Kier alpha value is -0.648. The number of aryl methyl sites for hydroxylation is 1. The molecule has 3 heteroatoms. The van der Waals surface area contributed by atoms with E-state index in [0.29, 0.717) is 5.56 Å². The van der Waals surface area contributed by atoms with E-state index in [2.05, 4.69) is 0 Å². The van der Waals surface area contributed by atoms with Crippen LogP contribution in [-0.2, 0) is 20.4 Å². The Bertz CT molecular complexity index is 241. The average Bonchev–Trinajstić information content (AvgIpc) is 1.88. The Labute approximate surface area is 78.9 Å². The molecular weight excluding hydrogens is 235 g/mol. The van der Waals surface area contributed by atoms with Crippen molar-refractivity contribution in [3.8, 4) is 0 Å². The monoisotopic (exact) mass is 242 g/mol. The van der Waals surface area contributed by atoms with E-state index < -0.39 is 5.97 Å². The third kappa shape index (κ3) is 2.84. The average molecular weight is 243 g/mol. The number of carboxylic acids is 1. The van der Waals surface area contributed by atoms with Gasteiger partial charge in [0.15, 0.2) is 0 Å². The molecule has 11 heavy (non-hydrogen) atoms. The second-order valence-corrected chi connectivity index (χ2v) is 2.17. The molecule has 0 aliphatic carbocycles. The van der Waals surface area contributed by atoms with Crippen molar-refractivity contribution >= 4 is 5.97 Å². The summed E-state index contributed by atoms with van der Waals surface area (Å²) in [5.74, 6) is -0.875. The minimum absolute atomic E-state index is 0. The van der Waals surface area contributed by atoms with E-state index in [1.165, 1.54) is 0 Å². The molecule has 0 spiro atoms. The van der Waals surface area contributed by atoms with Crippen LogP contribution in [-0.4, -0.2) is 11.1 Å². The van der Waals surface area contributed by atoms with Crippen molar-refractivity contribution in [2.45, 2.75) is 6.92 Å². The molecule has 0 amide bonds. The van der Waals surface area contributed by atoms with Gasteiger partial charge < -0.3 is 5.11 Å². The van der Waals surface area contributed by atoms with Gasteiger partial charge in [-0.3, -0.25) is 0 Å². The number of carboxylic acid groups (broad SMARTS) is 1. The molecule has 0 aromatic heterocycles. The largest absolute Gasteiger partial charge is 0.478 e. The molecule has 0 unspecified atom stereocenters. The van der Waals surface area contributed by atoms with Crippen molar-refractivity contribution in [2.24, 2.45) is 0 Å². The van der Waals surface area contributed by atoms with Crippen LogP contribution in [0, 0.1) is 6.92 Å². The maximum absolute atomic E-state index is 10.3. The molecule has 0 aliphatic rings. The fourth-order valence-corrected chi connectivity index (χ4v) is 0.696. The Morgan fingerprint density at radius 1 is 1.27 bits per heavy atom. The molecule has 0 aliphatic heterocycles. The van der Waals surface area contributed by atoms with Crippen LogP contribution in [0.1, 0.15) is 15.9 Å². The molecule has 1 N–H and O–H groups in total. The zero-order chi connectivity index (χ0) is 7.56. The van der Waals surface area contributed by atoms with Gasteiger partial charge >= 0.3 is 5.97 Å². The van der Waals surface area contributed by atoms with Gasteiger partial charge in [0, 0.05) is 20.4 Å². The van der Waals surface area contributed by atoms with Crippen LogP contribution < -0.4 is 0 Å². The van der Waals surface area contributed by atoms with Gasteiger partial charge in [0.1, 0.15) is 0 Å². The molecule has 0 radical (unpaired) electrons. The van der Waals surface area contributed by atoms with Gasteiger partial charge in [-0.2, -0.15) is 0 Å². The minimum Gasteiger partial charge on any atom is -0.478 e. The Morgan fingerprint density at radius 2 is 1.73 bits per heavy atom. The maximum Gasteiger partial charge on any atom is 0.335 e. The molecule has 1 rings (SSSR count). The third-order valence-electron chi connectivity index (χ3n) is 1.30. The van der Waals surface area contributed by atoms with E-state index in [4.69, 9.17) is 5.11 Å². The van der Waals surface area contributed by atoms with Crippen LogP contribution in [0.2, 0.25) is 0 Å². The van der Waals surface area contributed by atoms with E-state index in [-0.39, 0.29) is 20.4 Å². The van der Waals surface area contributed by atoms with E-state index in [1.807, 2.05) is 6.92 Å². The third-order valence-corrected chi connectivity index (χ3v) is 1.30. The summed E-state index contributed by atoms with van der Waals surface area (Å²) in [5, 5.41) is 8.48. The van der Waals surface area contributed by atoms with Crippen molar-refractivity contribution < 1.29 is 30.3 Å². The first-order valence-electron chi connectivity index (χ1n) is 3.00. The summed E-state index contributed by atoms with van der Waals surface area (Å²) >= 11 is 0. The summed E-state index contributed by atoms with van der Waals surface area (Å²) in [6.07, 6.45) is 0. The van der Waals surface area contributed by atoms with Gasteiger partial charge in [0.05, 0.1) is 5.56 Å². The van der Waals surface area contributed by atoms with Crippen molar-refractivity contribution in [1.29, 1.82) is 0 Å². The minimum atomic E-state index is -0.875. The summed E-state index contributed by atoms with van der Waals surface area (Å²) in [6.45, 7) is 1.92. The maximum atomic E-state index is 10.3. The van der Waals surface area contributed by atoms with E-state index >= 15 is 0 Å². The second-order valence-electron chi connectivity index (χ2n) is 2.17. The van der Waals surface area contributed by atoms with Crippen LogP contribution >= 0.6 is 0 Å². The summed E-state index contributed by atoms with van der Waals surface area (Å²) < 4.78 is 0. The van der Waals surface area contributed by atoms with Gasteiger partial charge in [-0.15, -0.1) is 0 Å². The number of carbonyl (C=O) groups is 1. The topological polar surface area (TPSA) is 37.3 Å². The summed E-state index contributed by atoms with van der Waals surface area (Å²) in [4.78, 5) is 10.3. The fraction of sp³-hybridized carbons (Fsp3) is 0.125. The van der Waals surface area contributed by atoms with E-state index in [1.54, 1.807) is 24.3 Å². The zero-order valence-corrected chi connectivity index (χ0v) is 7.54. The van der Waals surface area contributed by atoms with Crippen LogP contribution in [0.15, 0.2) is 24.3 Å². The quantitative estimate of drug-likeness (QED) is 0.761. The predicted molar refractivity (Wildman–Crippen MR) is 38.1 cm³/mol. The van der Waals surface area contributed by atoms with E-state index in [9.17, 15) is 4.79 Å². The van der Waals surface area contributed by atoms with E-state index in [0.717, 1.165) is 5.56 Å². The molecule has 0 saturated heterocycles. The molecule has 0 saturated carbocycles. The molecule has 1 aromatic carbocycles. The second kappa shape index (κ2) is 4.28. The number of aromatic carboxylic acids is 1. The SMILES string of the molecule is Cc1ccc(C(=O)O)cc1.[Pd]. The summed E-state index contributed by atoms with van der Waals surface area (Å²) in [7, 11) is 0. The number of benzene rings is 1. The van der Waals surface area contributed by atoms with Gasteiger partial charge in [-0.05, 0) is 19.1 Å². The molecule has 1 aromatic rings. The van der Waals surface area contributed by atoms with Crippen LogP contribution in [0.4, 0.5) is 0 Å². The smallest absolute Gasteiger partial charge is 0.335 e. The first-order valence-corrected chi connectivity index (χ1v) is 3.00. The molecule has 2 nitrogen and oxygen atoms in total. The van der Waals surface area contributed by atoms with Gasteiger partial charge in [0.25, 0.3) is 0 Å². The molecule has 0 fully saturated rings.